The Bertz CT molecular complexity index is 2340. The van der Waals surface area contributed by atoms with Gasteiger partial charge >= 0.3 is 29.8 Å². The quantitative estimate of drug-likeness (QED) is 0.119. The van der Waals surface area contributed by atoms with E-state index in [-0.39, 0.29) is 52.4 Å². The van der Waals surface area contributed by atoms with Crippen LogP contribution in [0.1, 0.15) is 151 Å². The van der Waals surface area contributed by atoms with Crippen LogP contribution in [0.5, 0.6) is 0 Å². The van der Waals surface area contributed by atoms with Crippen LogP contribution in [0.3, 0.4) is 0 Å². The number of rotatable bonds is 11. The van der Waals surface area contributed by atoms with Crippen molar-refractivity contribution in [3.05, 3.63) is 83.4 Å². The SMILES string of the molecule is CC(=O)OC[C@H]1O[C@@H](O[C@H]2CC[C@]3(C)[C@H]4C(=O)C=C5[C@@H]6C[C@@](C)(C(=O)OC(c7ccccc7)c7ccccc7)CC[C@]6(C)CC[C@@]5(C)[C@]4(C)CC[C@H]3C2(C)C)[C@H](OC(C)=O)[C@@H](OC(C)=O)[C@@H]1OC(C)=O. The van der Waals surface area contributed by atoms with E-state index in [0.29, 0.717) is 25.7 Å². The third-order valence-electron chi connectivity index (χ3n) is 18.7. The molecule has 1 heterocycles. The summed E-state index contributed by atoms with van der Waals surface area (Å²) in [6.45, 7) is 20.3. The van der Waals surface area contributed by atoms with Crippen LogP contribution in [0.15, 0.2) is 72.3 Å². The van der Waals surface area contributed by atoms with E-state index in [1.165, 1.54) is 33.3 Å². The molecule has 0 N–H and O–H groups in total. The second-order valence-electron chi connectivity index (χ2n) is 23.4. The molecule has 2 aromatic carbocycles. The van der Waals surface area contributed by atoms with Gasteiger partial charge in [0.15, 0.2) is 36.5 Å². The van der Waals surface area contributed by atoms with E-state index in [1.54, 1.807) is 0 Å². The molecule has 6 aliphatic rings. The Morgan fingerprint density at radius 3 is 1.83 bits per heavy atom. The topological polar surface area (TPSA) is 167 Å². The molecule has 380 valence electrons. The van der Waals surface area contributed by atoms with E-state index >= 15 is 4.79 Å². The highest BCUT2D eigenvalue weighted by molar-refractivity contribution is 5.95. The Morgan fingerprint density at radius 1 is 0.671 bits per heavy atom. The summed E-state index contributed by atoms with van der Waals surface area (Å²) in [4.78, 5) is 79.7. The first kappa shape index (κ1) is 51.5. The number of allylic oxidation sites excluding steroid dienone is 2. The summed E-state index contributed by atoms with van der Waals surface area (Å²) in [6.07, 6.45) is 1.57. The molecule has 4 saturated carbocycles. The fourth-order valence-corrected chi connectivity index (χ4v) is 14.9. The van der Waals surface area contributed by atoms with Crippen molar-refractivity contribution in [1.29, 1.82) is 0 Å². The molecule has 8 rings (SSSR count). The van der Waals surface area contributed by atoms with Gasteiger partial charge in [-0.3, -0.25) is 28.8 Å². The van der Waals surface area contributed by atoms with Gasteiger partial charge in [0.25, 0.3) is 0 Å². The molecule has 0 aromatic heterocycles. The molecule has 0 bridgehead atoms. The minimum absolute atomic E-state index is 0.0220. The minimum Gasteiger partial charge on any atom is -0.463 e. The molecule has 2 aromatic rings. The number of carbonyl (C=O) groups is 6. The van der Waals surface area contributed by atoms with Crippen LogP contribution in [0.4, 0.5) is 0 Å². The van der Waals surface area contributed by atoms with Crippen LogP contribution < -0.4 is 0 Å². The summed E-state index contributed by atoms with van der Waals surface area (Å²) in [5, 5.41) is 0. The fraction of sp³-hybridized carbons (Fsp3) is 0.649. The van der Waals surface area contributed by atoms with Crippen molar-refractivity contribution in [2.24, 2.45) is 50.2 Å². The van der Waals surface area contributed by atoms with Gasteiger partial charge < -0.3 is 33.2 Å². The molecule has 5 aliphatic carbocycles. The maximum atomic E-state index is 15.4. The molecule has 0 unspecified atom stereocenters. The zero-order chi connectivity index (χ0) is 50.8. The number of hydrogen-bond acceptors (Lipinski definition) is 13. The van der Waals surface area contributed by atoms with Crippen LogP contribution in [-0.4, -0.2) is 79.0 Å². The standard InChI is InChI=1S/C57H74O13/c1-33(58)64-32-42-46(65-34(2)59)47(66-35(3)60)48(67-36(4)61)50(68-42)69-44-23-24-55(9)43(52(44,5)6)22-25-57(11)49(55)41(62)30-39-40-31-54(8,27-26-53(40,7)28-29-56(39,57)10)51(63)70-45(37-18-14-12-15-19-37)38-20-16-13-17-21-38/h12-21,30,40,42-50H,22-29,31-32H2,1-11H3/t40-,42+,43-,44-,46+,47-,48+,49+,50-,53+,54-,55-,56+,57+/m0/s1. The fourth-order valence-electron chi connectivity index (χ4n) is 14.9. The molecule has 0 amide bonds. The van der Waals surface area contributed by atoms with Gasteiger partial charge in [-0.2, -0.15) is 0 Å². The van der Waals surface area contributed by atoms with Gasteiger partial charge in [0.1, 0.15) is 12.7 Å². The first-order valence-corrected chi connectivity index (χ1v) is 25.4. The summed E-state index contributed by atoms with van der Waals surface area (Å²) in [7, 11) is 0. The predicted octanol–water partition coefficient (Wildman–Crippen LogP) is 9.77. The second-order valence-corrected chi connectivity index (χ2v) is 23.4. The van der Waals surface area contributed by atoms with Gasteiger partial charge in [0.2, 0.25) is 0 Å². The van der Waals surface area contributed by atoms with Crippen molar-refractivity contribution in [3.8, 4) is 0 Å². The summed E-state index contributed by atoms with van der Waals surface area (Å²) in [5.74, 6) is -3.00. The van der Waals surface area contributed by atoms with E-state index in [1.807, 2.05) is 66.7 Å². The van der Waals surface area contributed by atoms with E-state index in [9.17, 15) is 24.0 Å². The largest absolute Gasteiger partial charge is 0.463 e. The summed E-state index contributed by atoms with van der Waals surface area (Å²) in [6, 6.07) is 19.8. The number of fused-ring (bicyclic) bond motifs is 7. The lowest BCUT2D eigenvalue weighted by Crippen LogP contribution is -2.67. The Morgan fingerprint density at radius 2 is 1.24 bits per heavy atom. The first-order chi connectivity index (χ1) is 32.9. The highest BCUT2D eigenvalue weighted by atomic mass is 16.7. The van der Waals surface area contributed by atoms with Crippen molar-refractivity contribution in [2.75, 3.05) is 6.61 Å². The van der Waals surface area contributed by atoms with E-state index in [4.69, 9.17) is 33.2 Å². The molecule has 1 saturated heterocycles. The number of ether oxygens (including phenoxy) is 7. The maximum Gasteiger partial charge on any atom is 0.312 e. The third kappa shape index (κ3) is 9.04. The van der Waals surface area contributed by atoms with E-state index in [0.717, 1.165) is 43.2 Å². The van der Waals surface area contributed by atoms with Crippen molar-refractivity contribution in [1.82, 2.24) is 0 Å². The Labute approximate surface area is 413 Å². The minimum atomic E-state index is -1.34. The predicted molar refractivity (Wildman–Crippen MR) is 257 cm³/mol. The Hall–Kier alpha value is -4.88. The zero-order valence-electron chi connectivity index (χ0n) is 43.0. The smallest absolute Gasteiger partial charge is 0.312 e. The van der Waals surface area contributed by atoms with Crippen molar-refractivity contribution >= 4 is 35.6 Å². The molecule has 13 nitrogen and oxygen atoms in total. The maximum absolute atomic E-state index is 15.4. The summed E-state index contributed by atoms with van der Waals surface area (Å²) in [5.41, 5.74) is 0.581. The lowest BCUT2D eigenvalue weighted by molar-refractivity contribution is -0.332. The molecule has 5 fully saturated rings. The highest BCUT2D eigenvalue weighted by Gasteiger charge is 2.71. The lowest BCUT2D eigenvalue weighted by Gasteiger charge is -2.70. The summed E-state index contributed by atoms with van der Waals surface area (Å²) < 4.78 is 42.4. The molecule has 70 heavy (non-hydrogen) atoms. The molecule has 0 radical (unpaired) electrons. The van der Waals surface area contributed by atoms with Crippen LogP contribution in [-0.2, 0) is 61.9 Å². The zero-order valence-corrected chi connectivity index (χ0v) is 43.0. The Kier molecular flexibility index (Phi) is 13.9. The molecule has 13 heteroatoms. The van der Waals surface area contributed by atoms with Gasteiger partial charge in [-0.15, -0.1) is 0 Å². The van der Waals surface area contributed by atoms with Crippen molar-refractivity contribution in [2.45, 2.75) is 177 Å². The van der Waals surface area contributed by atoms with Crippen LogP contribution in [0.2, 0.25) is 0 Å². The number of benzene rings is 2. The van der Waals surface area contributed by atoms with Crippen molar-refractivity contribution in [3.63, 3.8) is 0 Å². The van der Waals surface area contributed by atoms with Crippen LogP contribution in [0.25, 0.3) is 0 Å². The lowest BCUT2D eigenvalue weighted by atomic mass is 9.33. The van der Waals surface area contributed by atoms with Gasteiger partial charge in [0, 0.05) is 33.6 Å². The molecule has 0 spiro atoms. The van der Waals surface area contributed by atoms with Crippen LogP contribution >= 0.6 is 0 Å². The third-order valence-corrected chi connectivity index (χ3v) is 18.7. The molecule has 14 atom stereocenters. The highest BCUT2D eigenvalue weighted by Crippen LogP contribution is 2.75. The Balaban J connectivity index is 1.07. The molecular formula is C57H74O13. The molecular weight excluding hydrogens is 893 g/mol. The average Bonchev–Trinajstić information content (AvgIpc) is 3.29. The molecule has 1 aliphatic heterocycles. The van der Waals surface area contributed by atoms with Gasteiger partial charge in [-0.1, -0.05) is 108 Å². The second kappa shape index (κ2) is 18.9. The monoisotopic (exact) mass is 967 g/mol. The van der Waals surface area contributed by atoms with E-state index < -0.39 is 83.0 Å². The normalized spacial score (nSPS) is 38.5. The number of ketones is 1. The van der Waals surface area contributed by atoms with Gasteiger partial charge in [-0.25, -0.2) is 0 Å². The number of hydrogen-bond donors (Lipinski definition) is 0. The van der Waals surface area contributed by atoms with Crippen molar-refractivity contribution < 1.29 is 61.9 Å². The van der Waals surface area contributed by atoms with Crippen LogP contribution in [0, 0.1) is 50.2 Å². The van der Waals surface area contributed by atoms with Gasteiger partial charge in [0.05, 0.1) is 11.5 Å². The average molecular weight is 967 g/mol. The van der Waals surface area contributed by atoms with E-state index in [2.05, 4.69) is 48.5 Å². The number of esters is 5. The van der Waals surface area contributed by atoms with Gasteiger partial charge in [-0.05, 0) is 121 Å². The first-order valence-electron chi connectivity index (χ1n) is 25.4. The summed E-state index contributed by atoms with van der Waals surface area (Å²) >= 11 is 0. The number of carbonyl (C=O) groups excluding carboxylic acids is 6.